The molecule has 1 rings (SSSR count). The molecule has 1 fully saturated rings. The van der Waals surface area contributed by atoms with E-state index in [-0.39, 0.29) is 11.8 Å². The van der Waals surface area contributed by atoms with E-state index in [0.29, 0.717) is 19.0 Å². The predicted molar refractivity (Wildman–Crippen MR) is 50.3 cm³/mol. The smallest absolute Gasteiger partial charge is 0.222 e. The third-order valence-corrected chi connectivity index (χ3v) is 2.58. The van der Waals surface area contributed by atoms with Gasteiger partial charge in [0.1, 0.15) is 6.29 Å². The van der Waals surface area contributed by atoms with Crippen LogP contribution in [0.4, 0.5) is 0 Å². The first-order valence-electron chi connectivity index (χ1n) is 4.90. The number of hydrogen-bond acceptors (Lipinski definition) is 2. The van der Waals surface area contributed by atoms with E-state index in [1.54, 1.807) is 0 Å². The molecule has 3 heteroatoms. The lowest BCUT2D eigenvalue weighted by Gasteiger charge is -2.34. The summed E-state index contributed by atoms with van der Waals surface area (Å²) in [6.45, 7) is 4.49. The molecule has 1 aliphatic rings. The maximum atomic E-state index is 11.5. The minimum Gasteiger partial charge on any atom is -0.339 e. The van der Waals surface area contributed by atoms with Crippen molar-refractivity contribution in [3.63, 3.8) is 0 Å². The number of aldehydes is 1. The Morgan fingerprint density at radius 1 is 1.69 bits per heavy atom. The van der Waals surface area contributed by atoms with Crippen molar-refractivity contribution < 1.29 is 9.59 Å². The van der Waals surface area contributed by atoms with Crippen LogP contribution >= 0.6 is 0 Å². The Balaban J connectivity index is 2.53. The largest absolute Gasteiger partial charge is 0.339 e. The Morgan fingerprint density at radius 2 is 2.38 bits per heavy atom. The Bertz CT molecular complexity index is 203. The molecule has 1 amide bonds. The monoisotopic (exact) mass is 183 g/mol. The number of likely N-dealkylation sites (tertiary alicyclic amines) is 1. The zero-order chi connectivity index (χ0) is 9.84. The number of hydrogen-bond donors (Lipinski definition) is 0. The van der Waals surface area contributed by atoms with Gasteiger partial charge < -0.3 is 9.69 Å². The molecule has 0 radical (unpaired) electrons. The first kappa shape index (κ1) is 10.2. The van der Waals surface area contributed by atoms with Crippen molar-refractivity contribution in [2.45, 2.75) is 39.2 Å². The first-order chi connectivity index (χ1) is 6.15. The van der Waals surface area contributed by atoms with Gasteiger partial charge in [-0.25, -0.2) is 0 Å². The Kier molecular flexibility index (Phi) is 3.46. The third-order valence-electron chi connectivity index (χ3n) is 2.58. The average Bonchev–Trinajstić information content (AvgIpc) is 2.11. The number of carbonyl (C=O) groups is 2. The summed E-state index contributed by atoms with van der Waals surface area (Å²) in [4.78, 5) is 23.8. The molecule has 0 aromatic heterocycles. The molecule has 3 nitrogen and oxygen atoms in total. The van der Waals surface area contributed by atoms with Gasteiger partial charge in [-0.1, -0.05) is 6.92 Å². The lowest BCUT2D eigenvalue weighted by atomic mass is 10.0. The second kappa shape index (κ2) is 4.40. The second-order valence-electron chi connectivity index (χ2n) is 3.90. The van der Waals surface area contributed by atoms with Crippen LogP contribution in [0, 0.1) is 5.92 Å². The lowest BCUT2D eigenvalue weighted by Crippen LogP contribution is -2.44. The van der Waals surface area contributed by atoms with E-state index in [4.69, 9.17) is 0 Å². The molecular formula is C10H17NO2. The van der Waals surface area contributed by atoms with E-state index in [9.17, 15) is 9.59 Å². The van der Waals surface area contributed by atoms with Crippen LogP contribution in [0.15, 0.2) is 0 Å². The van der Waals surface area contributed by atoms with E-state index < -0.39 is 0 Å². The van der Waals surface area contributed by atoms with Gasteiger partial charge in [-0.2, -0.15) is 0 Å². The highest BCUT2D eigenvalue weighted by Crippen LogP contribution is 2.18. The highest BCUT2D eigenvalue weighted by molar-refractivity contribution is 5.77. The van der Waals surface area contributed by atoms with Gasteiger partial charge in [0.25, 0.3) is 0 Å². The molecule has 13 heavy (non-hydrogen) atoms. The number of nitrogens with zero attached hydrogens (tertiary/aromatic N) is 1. The molecular weight excluding hydrogens is 166 g/mol. The summed E-state index contributed by atoms with van der Waals surface area (Å²) in [5.74, 6) is 0.164. The van der Waals surface area contributed by atoms with Gasteiger partial charge in [0.05, 0.1) is 0 Å². The molecule has 0 aliphatic carbocycles. The van der Waals surface area contributed by atoms with E-state index in [1.165, 1.54) is 0 Å². The molecule has 0 N–H and O–H groups in total. The Morgan fingerprint density at radius 3 is 2.92 bits per heavy atom. The maximum absolute atomic E-state index is 11.5. The molecule has 1 heterocycles. The molecule has 0 aromatic rings. The minimum absolute atomic E-state index is 0.0375. The van der Waals surface area contributed by atoms with Crippen molar-refractivity contribution in [1.82, 2.24) is 4.90 Å². The standard InChI is InChI=1S/C10H17NO2/c1-8(7-12)6-11-9(2)4-3-5-10(11)13/h7-9H,3-6H2,1-2H3. The molecule has 1 aliphatic heterocycles. The van der Waals surface area contributed by atoms with E-state index in [2.05, 4.69) is 6.92 Å². The van der Waals surface area contributed by atoms with Crippen molar-refractivity contribution in [2.75, 3.05) is 6.54 Å². The quantitative estimate of drug-likeness (QED) is 0.617. The molecule has 2 unspecified atom stereocenters. The van der Waals surface area contributed by atoms with E-state index in [0.717, 1.165) is 19.1 Å². The van der Waals surface area contributed by atoms with Crippen molar-refractivity contribution in [3.05, 3.63) is 0 Å². The summed E-state index contributed by atoms with van der Waals surface area (Å²) >= 11 is 0. The highest BCUT2D eigenvalue weighted by Gasteiger charge is 2.25. The molecule has 74 valence electrons. The molecule has 1 saturated heterocycles. The van der Waals surface area contributed by atoms with Crippen LogP contribution in [-0.4, -0.2) is 29.7 Å². The minimum atomic E-state index is -0.0375. The molecule has 0 aromatic carbocycles. The molecule has 2 atom stereocenters. The summed E-state index contributed by atoms with van der Waals surface area (Å²) in [5.41, 5.74) is 0. The Hall–Kier alpha value is -0.860. The van der Waals surface area contributed by atoms with Gasteiger partial charge in [0, 0.05) is 24.9 Å². The van der Waals surface area contributed by atoms with Crippen LogP contribution in [0.1, 0.15) is 33.1 Å². The van der Waals surface area contributed by atoms with Crippen LogP contribution in [-0.2, 0) is 9.59 Å². The fourth-order valence-corrected chi connectivity index (χ4v) is 1.73. The van der Waals surface area contributed by atoms with Gasteiger partial charge in [0.15, 0.2) is 0 Å². The SMILES string of the molecule is CC(C=O)CN1C(=O)CCCC1C. The van der Waals surface area contributed by atoms with Gasteiger partial charge in [-0.15, -0.1) is 0 Å². The molecule has 0 saturated carbocycles. The van der Waals surface area contributed by atoms with Crippen molar-refractivity contribution in [2.24, 2.45) is 5.92 Å². The van der Waals surface area contributed by atoms with Crippen molar-refractivity contribution in [1.29, 1.82) is 0 Å². The van der Waals surface area contributed by atoms with Crippen LogP contribution in [0.25, 0.3) is 0 Å². The van der Waals surface area contributed by atoms with Crippen LogP contribution in [0.2, 0.25) is 0 Å². The summed E-state index contributed by atoms with van der Waals surface area (Å²) in [6, 6.07) is 0.309. The summed E-state index contributed by atoms with van der Waals surface area (Å²) in [6.07, 6.45) is 3.62. The predicted octanol–water partition coefficient (Wildman–Crippen LogP) is 1.22. The van der Waals surface area contributed by atoms with Crippen molar-refractivity contribution >= 4 is 12.2 Å². The fourth-order valence-electron chi connectivity index (χ4n) is 1.73. The van der Waals surface area contributed by atoms with Gasteiger partial charge in [0.2, 0.25) is 5.91 Å². The lowest BCUT2D eigenvalue weighted by molar-refractivity contribution is -0.136. The summed E-state index contributed by atoms with van der Waals surface area (Å²) in [5, 5.41) is 0. The van der Waals surface area contributed by atoms with Gasteiger partial charge >= 0.3 is 0 Å². The van der Waals surface area contributed by atoms with Gasteiger partial charge in [-0.3, -0.25) is 4.79 Å². The molecule has 0 spiro atoms. The zero-order valence-electron chi connectivity index (χ0n) is 8.32. The number of rotatable bonds is 3. The third kappa shape index (κ3) is 2.54. The van der Waals surface area contributed by atoms with E-state index in [1.807, 2.05) is 11.8 Å². The number of amides is 1. The molecule has 0 bridgehead atoms. The topological polar surface area (TPSA) is 37.4 Å². The van der Waals surface area contributed by atoms with Gasteiger partial charge in [-0.05, 0) is 19.8 Å². The zero-order valence-corrected chi connectivity index (χ0v) is 8.32. The Labute approximate surface area is 79.1 Å². The van der Waals surface area contributed by atoms with E-state index >= 15 is 0 Å². The highest BCUT2D eigenvalue weighted by atomic mass is 16.2. The van der Waals surface area contributed by atoms with Crippen LogP contribution < -0.4 is 0 Å². The maximum Gasteiger partial charge on any atom is 0.222 e. The number of piperidine rings is 1. The number of carbonyl (C=O) groups excluding carboxylic acids is 2. The van der Waals surface area contributed by atoms with Crippen LogP contribution in [0.3, 0.4) is 0 Å². The summed E-state index contributed by atoms with van der Waals surface area (Å²) < 4.78 is 0. The van der Waals surface area contributed by atoms with Crippen LogP contribution in [0.5, 0.6) is 0 Å². The van der Waals surface area contributed by atoms with Crippen molar-refractivity contribution in [3.8, 4) is 0 Å². The summed E-state index contributed by atoms with van der Waals surface area (Å²) in [7, 11) is 0. The normalized spacial score (nSPS) is 25.8. The first-order valence-corrected chi connectivity index (χ1v) is 4.90. The fraction of sp³-hybridized carbons (Fsp3) is 0.800. The average molecular weight is 183 g/mol. The second-order valence-corrected chi connectivity index (χ2v) is 3.90.